The first-order valence-electron chi connectivity index (χ1n) is 10.3. The van der Waals surface area contributed by atoms with E-state index in [-0.39, 0.29) is 12.8 Å². The molecule has 0 aromatic rings. The Bertz CT molecular complexity index is 744. The zero-order valence-corrected chi connectivity index (χ0v) is 18.9. The van der Waals surface area contributed by atoms with Crippen LogP contribution in [0.2, 0.25) is 0 Å². The third-order valence-corrected chi connectivity index (χ3v) is 4.91. The third kappa shape index (κ3) is 10.7. The summed E-state index contributed by atoms with van der Waals surface area (Å²) in [6.07, 6.45) is -2.08. The molecule has 6 unspecified atom stereocenters. The number of aliphatic carboxylic acids is 1. The van der Waals surface area contributed by atoms with Crippen LogP contribution in [0.15, 0.2) is 0 Å². The van der Waals surface area contributed by atoms with E-state index in [2.05, 4.69) is 16.0 Å². The number of primary amides is 2. The van der Waals surface area contributed by atoms with Crippen molar-refractivity contribution in [3.05, 3.63) is 0 Å². The topological polar surface area (TPSA) is 257 Å². The van der Waals surface area contributed by atoms with E-state index in [1.807, 2.05) is 0 Å². The average molecular weight is 475 g/mol. The summed E-state index contributed by atoms with van der Waals surface area (Å²) < 4.78 is 0. The predicted molar refractivity (Wildman–Crippen MR) is 115 cm³/mol. The highest BCUT2D eigenvalue weighted by atomic mass is 16.4. The zero-order valence-electron chi connectivity index (χ0n) is 18.9. The van der Waals surface area contributed by atoms with Crippen molar-refractivity contribution >= 4 is 35.5 Å². The van der Waals surface area contributed by atoms with Crippen LogP contribution in [-0.2, 0) is 28.8 Å². The summed E-state index contributed by atoms with van der Waals surface area (Å²) in [7, 11) is 0. The van der Waals surface area contributed by atoms with Crippen molar-refractivity contribution in [2.24, 2.45) is 23.1 Å². The summed E-state index contributed by atoms with van der Waals surface area (Å²) in [5.41, 5.74) is 15.6. The Balaban J connectivity index is 5.56. The number of nitrogens with one attached hydrogen (secondary N) is 3. The van der Waals surface area contributed by atoms with Gasteiger partial charge in [0.15, 0.2) is 0 Å². The number of carbonyl (C=O) groups excluding carboxylic acids is 5. The molecule has 0 aromatic carbocycles. The number of aliphatic hydroxyl groups is 1. The summed E-state index contributed by atoms with van der Waals surface area (Å²) in [5, 5.41) is 26.1. The number of carboxylic acids is 1. The van der Waals surface area contributed by atoms with Crippen LogP contribution >= 0.6 is 0 Å². The number of rotatable bonds is 15. The van der Waals surface area contributed by atoms with E-state index in [0.29, 0.717) is 6.42 Å². The van der Waals surface area contributed by atoms with Crippen LogP contribution in [0.3, 0.4) is 0 Å². The van der Waals surface area contributed by atoms with Gasteiger partial charge in [-0.2, -0.15) is 0 Å². The second kappa shape index (κ2) is 14.0. The molecule has 188 valence electrons. The standard InChI is InChI=1S/C19H34N6O8/c1-4-8(2)14(19(32)33)24-17(30)11(5-6-12(21)27)23-18(31)15(9(3)26)25-16(29)10(20)7-13(22)28/h8-11,14-15,26H,4-7,20H2,1-3H3,(H2,21,27)(H2,22,28)(H,23,31)(H,24,30)(H,25,29)(H,32,33). The molecule has 0 fully saturated rings. The lowest BCUT2D eigenvalue weighted by Crippen LogP contribution is -2.60. The van der Waals surface area contributed by atoms with Gasteiger partial charge in [-0.3, -0.25) is 24.0 Å². The van der Waals surface area contributed by atoms with Crippen molar-refractivity contribution in [1.82, 2.24) is 16.0 Å². The second-order valence-electron chi connectivity index (χ2n) is 7.78. The van der Waals surface area contributed by atoms with Crippen molar-refractivity contribution in [1.29, 1.82) is 0 Å². The molecular formula is C19H34N6O8. The van der Waals surface area contributed by atoms with Gasteiger partial charge >= 0.3 is 5.97 Å². The Morgan fingerprint density at radius 1 is 0.848 bits per heavy atom. The fourth-order valence-electron chi connectivity index (χ4n) is 2.73. The lowest BCUT2D eigenvalue weighted by Gasteiger charge is -2.27. The summed E-state index contributed by atoms with van der Waals surface area (Å²) in [6.45, 7) is 4.54. The molecule has 5 amide bonds. The molecule has 0 aliphatic rings. The first kappa shape index (κ1) is 29.7. The molecule has 0 bridgehead atoms. The van der Waals surface area contributed by atoms with Gasteiger partial charge in [-0.05, 0) is 19.3 Å². The molecule has 6 atom stereocenters. The Morgan fingerprint density at radius 3 is 1.82 bits per heavy atom. The minimum atomic E-state index is -1.58. The van der Waals surface area contributed by atoms with Gasteiger partial charge in [-0.25, -0.2) is 4.79 Å². The monoisotopic (exact) mass is 474 g/mol. The van der Waals surface area contributed by atoms with E-state index >= 15 is 0 Å². The highest BCUT2D eigenvalue weighted by molar-refractivity contribution is 5.95. The van der Waals surface area contributed by atoms with E-state index in [9.17, 15) is 39.0 Å². The Labute approximate surface area is 191 Å². The Hall–Kier alpha value is -3.26. The molecule has 0 radical (unpaired) electrons. The van der Waals surface area contributed by atoms with Crippen LogP contribution in [0.1, 0.15) is 46.5 Å². The van der Waals surface area contributed by atoms with Crippen LogP contribution in [0, 0.1) is 5.92 Å². The highest BCUT2D eigenvalue weighted by Gasteiger charge is 2.33. The summed E-state index contributed by atoms with van der Waals surface area (Å²) in [4.78, 5) is 71.1. The molecule has 0 aromatic heterocycles. The zero-order chi connectivity index (χ0) is 25.9. The SMILES string of the molecule is CCC(C)C(NC(=O)C(CCC(N)=O)NC(=O)C(NC(=O)C(N)CC(N)=O)C(C)O)C(=O)O. The number of nitrogens with two attached hydrogens (primary N) is 3. The van der Waals surface area contributed by atoms with Gasteiger partial charge in [0, 0.05) is 6.42 Å². The molecule has 14 heteroatoms. The van der Waals surface area contributed by atoms with Crippen molar-refractivity contribution in [2.75, 3.05) is 0 Å². The number of carbonyl (C=O) groups is 6. The first-order chi connectivity index (χ1) is 15.2. The molecular weight excluding hydrogens is 440 g/mol. The van der Waals surface area contributed by atoms with Crippen LogP contribution < -0.4 is 33.2 Å². The van der Waals surface area contributed by atoms with Crippen molar-refractivity contribution in [2.45, 2.75) is 76.7 Å². The van der Waals surface area contributed by atoms with Crippen molar-refractivity contribution in [3.63, 3.8) is 0 Å². The first-order valence-corrected chi connectivity index (χ1v) is 10.3. The molecule has 33 heavy (non-hydrogen) atoms. The van der Waals surface area contributed by atoms with Gasteiger partial charge in [0.05, 0.1) is 18.6 Å². The maximum Gasteiger partial charge on any atom is 0.326 e. The summed E-state index contributed by atoms with van der Waals surface area (Å²) in [5.74, 6) is -6.19. The predicted octanol–water partition coefficient (Wildman–Crippen LogP) is -3.58. The lowest BCUT2D eigenvalue weighted by atomic mass is 9.98. The maximum absolute atomic E-state index is 12.7. The molecule has 0 saturated heterocycles. The molecule has 0 heterocycles. The van der Waals surface area contributed by atoms with Crippen LogP contribution in [0.4, 0.5) is 0 Å². The number of hydrogen-bond donors (Lipinski definition) is 8. The number of aliphatic hydroxyl groups excluding tert-OH is 1. The average Bonchev–Trinajstić information content (AvgIpc) is 2.70. The van der Waals surface area contributed by atoms with Crippen molar-refractivity contribution in [3.8, 4) is 0 Å². The van der Waals surface area contributed by atoms with Gasteiger partial charge in [0.1, 0.15) is 18.1 Å². The normalized spacial score (nSPS) is 16.3. The third-order valence-electron chi connectivity index (χ3n) is 4.91. The lowest BCUT2D eigenvalue weighted by molar-refractivity contribution is -0.144. The van der Waals surface area contributed by atoms with E-state index in [0.717, 1.165) is 0 Å². The quantitative estimate of drug-likeness (QED) is 0.116. The maximum atomic E-state index is 12.7. The van der Waals surface area contributed by atoms with Gasteiger partial charge < -0.3 is 43.4 Å². The molecule has 0 rings (SSSR count). The van der Waals surface area contributed by atoms with Gasteiger partial charge in [0.25, 0.3) is 0 Å². The molecule has 0 aliphatic heterocycles. The van der Waals surface area contributed by atoms with E-state index in [4.69, 9.17) is 17.2 Å². The van der Waals surface area contributed by atoms with Gasteiger partial charge in [-0.1, -0.05) is 20.3 Å². The molecule has 0 saturated carbocycles. The minimum Gasteiger partial charge on any atom is -0.480 e. The number of hydrogen-bond acceptors (Lipinski definition) is 8. The van der Waals surface area contributed by atoms with Crippen molar-refractivity contribution < 1.29 is 39.0 Å². The van der Waals surface area contributed by atoms with Crippen LogP contribution in [0.25, 0.3) is 0 Å². The molecule has 14 nitrogen and oxygen atoms in total. The largest absolute Gasteiger partial charge is 0.480 e. The Kier molecular flexibility index (Phi) is 12.6. The fraction of sp³-hybridized carbons (Fsp3) is 0.684. The Morgan fingerprint density at radius 2 is 1.39 bits per heavy atom. The minimum absolute atomic E-state index is 0.262. The second-order valence-corrected chi connectivity index (χ2v) is 7.78. The smallest absolute Gasteiger partial charge is 0.326 e. The van der Waals surface area contributed by atoms with E-state index in [1.54, 1.807) is 13.8 Å². The summed E-state index contributed by atoms with van der Waals surface area (Å²) >= 11 is 0. The number of amides is 5. The van der Waals surface area contributed by atoms with E-state index < -0.39 is 78.1 Å². The van der Waals surface area contributed by atoms with Gasteiger partial charge in [0.2, 0.25) is 29.5 Å². The fourth-order valence-corrected chi connectivity index (χ4v) is 2.73. The molecule has 0 aliphatic carbocycles. The molecule has 11 N–H and O–H groups in total. The van der Waals surface area contributed by atoms with E-state index in [1.165, 1.54) is 6.92 Å². The molecule has 0 spiro atoms. The summed E-state index contributed by atoms with van der Waals surface area (Å²) in [6, 6.07) is -5.61. The number of carboxylic acid groups (broad SMARTS) is 1. The van der Waals surface area contributed by atoms with Gasteiger partial charge in [-0.15, -0.1) is 0 Å². The van der Waals surface area contributed by atoms with Crippen LogP contribution in [-0.4, -0.2) is 76.0 Å². The van der Waals surface area contributed by atoms with Crippen LogP contribution in [0.5, 0.6) is 0 Å². The highest BCUT2D eigenvalue weighted by Crippen LogP contribution is 2.09.